The van der Waals surface area contributed by atoms with Crippen LogP contribution in [-0.2, 0) is 0 Å². The minimum Gasteiger partial charge on any atom is -0.0584 e. The van der Waals surface area contributed by atoms with Gasteiger partial charge in [-0.05, 0) is 94.8 Å². The molecule has 0 aromatic heterocycles. The highest BCUT2D eigenvalue weighted by Gasteiger charge is 2.07. The monoisotopic (exact) mass is 310 g/mol. The van der Waals surface area contributed by atoms with Crippen molar-refractivity contribution < 1.29 is 0 Å². The molecular formula is C24H22. The van der Waals surface area contributed by atoms with E-state index in [-0.39, 0.29) is 0 Å². The van der Waals surface area contributed by atoms with Gasteiger partial charge in [-0.1, -0.05) is 48.5 Å². The summed E-state index contributed by atoms with van der Waals surface area (Å²) in [6, 6.07) is 22.6. The Morgan fingerprint density at radius 2 is 0.708 bits per heavy atom. The van der Waals surface area contributed by atoms with Crippen LogP contribution in [0, 0.1) is 27.7 Å². The highest BCUT2D eigenvalue weighted by Crippen LogP contribution is 2.31. The van der Waals surface area contributed by atoms with E-state index in [4.69, 9.17) is 0 Å². The van der Waals surface area contributed by atoms with Crippen LogP contribution >= 0.6 is 0 Å². The molecule has 0 heterocycles. The number of benzene rings is 4. The van der Waals surface area contributed by atoms with E-state index < -0.39 is 0 Å². The van der Waals surface area contributed by atoms with Gasteiger partial charge in [0.15, 0.2) is 0 Å². The molecule has 0 aliphatic rings. The zero-order valence-electron chi connectivity index (χ0n) is 14.8. The van der Waals surface area contributed by atoms with Crippen molar-refractivity contribution in [2.45, 2.75) is 27.7 Å². The van der Waals surface area contributed by atoms with Gasteiger partial charge in [0.1, 0.15) is 0 Å². The molecule has 0 unspecified atom stereocenters. The van der Waals surface area contributed by atoms with Crippen molar-refractivity contribution in [2.24, 2.45) is 0 Å². The molecule has 24 heavy (non-hydrogen) atoms. The number of hydrogen-bond acceptors (Lipinski definition) is 0. The molecule has 4 aromatic carbocycles. The zero-order chi connectivity index (χ0) is 16.8. The Morgan fingerprint density at radius 1 is 0.375 bits per heavy atom. The molecule has 0 nitrogen and oxygen atoms in total. The van der Waals surface area contributed by atoms with Crippen LogP contribution in [0.25, 0.3) is 32.7 Å². The lowest BCUT2D eigenvalue weighted by Crippen LogP contribution is -1.87. The van der Waals surface area contributed by atoms with E-state index in [1.54, 1.807) is 0 Å². The molecule has 0 bridgehead atoms. The summed E-state index contributed by atoms with van der Waals surface area (Å²) in [6.45, 7) is 8.76. The lowest BCUT2D eigenvalue weighted by Gasteiger charge is -2.11. The van der Waals surface area contributed by atoms with E-state index in [1.807, 2.05) is 0 Å². The average molecular weight is 310 g/mol. The van der Waals surface area contributed by atoms with Crippen LogP contribution in [0.4, 0.5) is 0 Å². The minimum atomic E-state index is 1.29. The molecule has 0 N–H and O–H groups in total. The normalized spacial score (nSPS) is 11.3. The minimum absolute atomic E-state index is 1.29. The van der Waals surface area contributed by atoms with Crippen molar-refractivity contribution in [1.29, 1.82) is 0 Å². The number of rotatable bonds is 1. The van der Waals surface area contributed by atoms with Crippen LogP contribution < -0.4 is 0 Å². The van der Waals surface area contributed by atoms with Crippen molar-refractivity contribution in [3.05, 3.63) is 82.9 Å². The molecule has 0 aliphatic heterocycles. The highest BCUT2D eigenvalue weighted by molar-refractivity contribution is 5.95. The maximum atomic E-state index is 2.34. The number of fused-ring (bicyclic) bond motifs is 2. The molecule has 0 saturated heterocycles. The first-order chi connectivity index (χ1) is 11.5. The van der Waals surface area contributed by atoms with Gasteiger partial charge in [0, 0.05) is 0 Å². The Bertz CT molecular complexity index is 995. The fourth-order valence-electron chi connectivity index (χ4n) is 3.65. The lowest BCUT2D eigenvalue weighted by molar-refractivity contribution is 1.45. The third-order valence-corrected chi connectivity index (χ3v) is 5.24. The Kier molecular flexibility index (Phi) is 3.42. The predicted octanol–water partition coefficient (Wildman–Crippen LogP) is 6.89. The summed E-state index contributed by atoms with van der Waals surface area (Å²) < 4.78 is 0. The van der Waals surface area contributed by atoms with Crippen molar-refractivity contribution in [1.82, 2.24) is 0 Å². The molecule has 0 heteroatoms. The second-order valence-electron chi connectivity index (χ2n) is 6.92. The second-order valence-corrected chi connectivity index (χ2v) is 6.92. The van der Waals surface area contributed by atoms with E-state index in [9.17, 15) is 0 Å². The number of hydrogen-bond donors (Lipinski definition) is 0. The molecule has 118 valence electrons. The Hall–Kier alpha value is -2.60. The van der Waals surface area contributed by atoms with Crippen LogP contribution in [0.15, 0.2) is 60.7 Å². The maximum Gasteiger partial charge on any atom is -0.0146 e. The first kappa shape index (κ1) is 15.0. The smallest absolute Gasteiger partial charge is 0.0146 e. The van der Waals surface area contributed by atoms with E-state index in [0.29, 0.717) is 0 Å². The van der Waals surface area contributed by atoms with Crippen LogP contribution in [-0.4, -0.2) is 0 Å². The summed E-state index contributed by atoms with van der Waals surface area (Å²) >= 11 is 0. The lowest BCUT2D eigenvalue weighted by atomic mass is 9.93. The van der Waals surface area contributed by atoms with Crippen LogP contribution in [0.2, 0.25) is 0 Å². The van der Waals surface area contributed by atoms with Gasteiger partial charge in [-0.15, -0.1) is 0 Å². The van der Waals surface area contributed by atoms with Crippen molar-refractivity contribution in [3.8, 4) is 11.1 Å². The summed E-state index contributed by atoms with van der Waals surface area (Å²) in [6.07, 6.45) is 0. The molecule has 0 aliphatic carbocycles. The predicted molar refractivity (Wildman–Crippen MR) is 106 cm³/mol. The summed E-state index contributed by atoms with van der Waals surface area (Å²) in [4.78, 5) is 0. The van der Waals surface area contributed by atoms with Crippen LogP contribution in [0.5, 0.6) is 0 Å². The Morgan fingerprint density at radius 3 is 1.08 bits per heavy atom. The third kappa shape index (κ3) is 2.30. The van der Waals surface area contributed by atoms with Crippen LogP contribution in [0.1, 0.15) is 22.3 Å². The molecule has 4 aromatic rings. The van der Waals surface area contributed by atoms with Crippen molar-refractivity contribution >= 4 is 21.5 Å². The Balaban J connectivity index is 1.96. The molecule has 0 spiro atoms. The average Bonchev–Trinajstić information content (AvgIpc) is 2.61. The van der Waals surface area contributed by atoms with Gasteiger partial charge in [0.25, 0.3) is 0 Å². The van der Waals surface area contributed by atoms with Gasteiger partial charge in [-0.2, -0.15) is 0 Å². The summed E-state index contributed by atoms with van der Waals surface area (Å²) in [5.41, 5.74) is 7.94. The molecule has 0 atom stereocenters. The van der Waals surface area contributed by atoms with E-state index >= 15 is 0 Å². The van der Waals surface area contributed by atoms with Gasteiger partial charge >= 0.3 is 0 Å². The molecule has 4 rings (SSSR count). The largest absolute Gasteiger partial charge is 0.0584 e. The fourth-order valence-corrected chi connectivity index (χ4v) is 3.65. The van der Waals surface area contributed by atoms with E-state index in [0.717, 1.165) is 0 Å². The van der Waals surface area contributed by atoms with Gasteiger partial charge in [0.05, 0.1) is 0 Å². The maximum absolute atomic E-state index is 2.34. The van der Waals surface area contributed by atoms with Gasteiger partial charge < -0.3 is 0 Å². The SMILES string of the molecule is Cc1ccc(C)c2cc(-c3ccc4c(C)ccc(C)c4c3)ccc12. The van der Waals surface area contributed by atoms with Crippen molar-refractivity contribution in [2.75, 3.05) is 0 Å². The number of aryl methyl sites for hydroxylation is 4. The molecular weight excluding hydrogens is 288 g/mol. The van der Waals surface area contributed by atoms with Gasteiger partial charge in [-0.25, -0.2) is 0 Å². The standard InChI is InChI=1S/C24H22/c1-15-5-7-17(3)23-13-19(9-11-21(15)23)20-10-12-22-16(2)6-8-18(4)24(22)14-20/h5-14H,1-4H3. The topological polar surface area (TPSA) is 0 Å². The summed E-state index contributed by atoms with van der Waals surface area (Å²) in [7, 11) is 0. The first-order valence-electron chi connectivity index (χ1n) is 8.55. The third-order valence-electron chi connectivity index (χ3n) is 5.24. The first-order valence-corrected chi connectivity index (χ1v) is 8.55. The van der Waals surface area contributed by atoms with Crippen LogP contribution in [0.3, 0.4) is 0 Å². The van der Waals surface area contributed by atoms with Crippen molar-refractivity contribution in [3.63, 3.8) is 0 Å². The molecule has 0 amide bonds. The fraction of sp³-hybridized carbons (Fsp3) is 0.167. The van der Waals surface area contributed by atoms with Gasteiger partial charge in [-0.3, -0.25) is 0 Å². The quantitative estimate of drug-likeness (QED) is 0.359. The van der Waals surface area contributed by atoms with E-state index in [2.05, 4.69) is 88.4 Å². The molecule has 0 saturated carbocycles. The molecule has 0 radical (unpaired) electrons. The zero-order valence-corrected chi connectivity index (χ0v) is 14.8. The second kappa shape index (κ2) is 5.49. The highest BCUT2D eigenvalue weighted by atomic mass is 14.1. The Labute approximate surface area is 143 Å². The summed E-state index contributed by atoms with van der Waals surface area (Å²) in [5.74, 6) is 0. The summed E-state index contributed by atoms with van der Waals surface area (Å²) in [5, 5.41) is 5.42. The van der Waals surface area contributed by atoms with Gasteiger partial charge in [0.2, 0.25) is 0 Å². The van der Waals surface area contributed by atoms with E-state index in [1.165, 1.54) is 54.9 Å². The molecule has 0 fully saturated rings.